The van der Waals surface area contributed by atoms with Crippen molar-refractivity contribution in [2.24, 2.45) is 5.92 Å². The Labute approximate surface area is 170 Å². The number of amides is 2. The molecular formula is C20H22F3N3O2S. The average Bonchev–Trinajstić information content (AvgIpc) is 3.20. The molecule has 1 aliphatic heterocycles. The van der Waals surface area contributed by atoms with Crippen LogP contribution < -0.4 is 10.6 Å². The Morgan fingerprint density at radius 3 is 2.52 bits per heavy atom. The summed E-state index contributed by atoms with van der Waals surface area (Å²) in [6.45, 7) is 3.15. The van der Waals surface area contributed by atoms with E-state index < -0.39 is 23.6 Å². The Morgan fingerprint density at radius 1 is 1.10 bits per heavy atom. The summed E-state index contributed by atoms with van der Waals surface area (Å²) in [6.07, 6.45) is -2.68. The minimum atomic E-state index is -4.51. The number of hydrogen-bond acceptors (Lipinski definition) is 4. The summed E-state index contributed by atoms with van der Waals surface area (Å²) in [5.41, 5.74) is -0.952. The molecule has 2 amide bonds. The second-order valence-electron chi connectivity index (χ2n) is 7.04. The highest BCUT2D eigenvalue weighted by atomic mass is 32.1. The first-order valence-corrected chi connectivity index (χ1v) is 10.2. The number of carbonyl (C=O) groups is 2. The van der Waals surface area contributed by atoms with E-state index in [1.54, 1.807) is 11.3 Å². The van der Waals surface area contributed by atoms with Gasteiger partial charge in [0.25, 0.3) is 0 Å². The summed E-state index contributed by atoms with van der Waals surface area (Å²) in [6, 6.07) is 8.34. The first kappa shape index (κ1) is 21.3. The third kappa shape index (κ3) is 6.30. The zero-order valence-corrected chi connectivity index (χ0v) is 16.5. The van der Waals surface area contributed by atoms with Gasteiger partial charge < -0.3 is 10.6 Å². The van der Waals surface area contributed by atoms with Gasteiger partial charge in [-0.1, -0.05) is 12.1 Å². The van der Waals surface area contributed by atoms with Crippen LogP contribution in [0.3, 0.4) is 0 Å². The number of carbonyl (C=O) groups excluding carboxylic acids is 2. The number of hydrogen-bond donors (Lipinski definition) is 2. The number of nitrogens with zero attached hydrogens (tertiary/aromatic N) is 1. The number of halogens is 3. The lowest BCUT2D eigenvalue weighted by Gasteiger charge is -2.31. The Hall–Kier alpha value is -2.39. The van der Waals surface area contributed by atoms with Crippen LogP contribution >= 0.6 is 11.3 Å². The van der Waals surface area contributed by atoms with Gasteiger partial charge in [-0.2, -0.15) is 13.2 Å². The fourth-order valence-corrected chi connectivity index (χ4v) is 4.00. The van der Waals surface area contributed by atoms with Crippen LogP contribution in [0, 0.1) is 5.92 Å². The maximum Gasteiger partial charge on any atom is 0.416 e. The van der Waals surface area contributed by atoms with Crippen molar-refractivity contribution in [1.82, 2.24) is 10.2 Å². The van der Waals surface area contributed by atoms with Crippen molar-refractivity contribution in [3.63, 3.8) is 0 Å². The van der Waals surface area contributed by atoms with Gasteiger partial charge >= 0.3 is 18.0 Å². The van der Waals surface area contributed by atoms with Gasteiger partial charge in [-0.05, 0) is 61.5 Å². The minimum absolute atomic E-state index is 0.0677. The highest BCUT2D eigenvalue weighted by Gasteiger charge is 2.30. The second-order valence-corrected chi connectivity index (χ2v) is 8.07. The highest BCUT2D eigenvalue weighted by molar-refractivity contribution is 7.09. The number of benzene rings is 1. The lowest BCUT2D eigenvalue weighted by Crippen LogP contribution is -2.41. The molecule has 3 rings (SSSR count). The van der Waals surface area contributed by atoms with E-state index in [4.69, 9.17) is 0 Å². The van der Waals surface area contributed by atoms with Crippen LogP contribution in [-0.2, 0) is 22.3 Å². The van der Waals surface area contributed by atoms with Gasteiger partial charge in [0.15, 0.2) is 0 Å². The molecule has 0 atom stereocenters. The van der Waals surface area contributed by atoms with Gasteiger partial charge in [-0.25, -0.2) is 0 Å². The van der Waals surface area contributed by atoms with E-state index in [1.165, 1.54) is 17.0 Å². The standard InChI is InChI=1S/C20H22F3N3O2S/c21-20(22,23)15-3-1-4-16(11-15)25-19(28)18(27)24-12-14-6-8-26(9-7-14)13-17-5-2-10-29-17/h1-5,10-11,14H,6-9,12-13H2,(H,24,27)(H,25,28). The molecule has 0 aliphatic carbocycles. The lowest BCUT2D eigenvalue weighted by atomic mass is 9.97. The Morgan fingerprint density at radius 2 is 1.86 bits per heavy atom. The summed E-state index contributed by atoms with van der Waals surface area (Å²) < 4.78 is 38.2. The summed E-state index contributed by atoms with van der Waals surface area (Å²) in [4.78, 5) is 27.6. The van der Waals surface area contributed by atoms with Crippen LogP contribution in [0.15, 0.2) is 41.8 Å². The van der Waals surface area contributed by atoms with Crippen molar-refractivity contribution in [2.45, 2.75) is 25.6 Å². The van der Waals surface area contributed by atoms with Gasteiger partial charge in [-0.3, -0.25) is 14.5 Å². The number of anilines is 1. The Kier molecular flexibility index (Phi) is 6.92. The first-order valence-electron chi connectivity index (χ1n) is 9.32. The normalized spacial score (nSPS) is 15.8. The third-order valence-electron chi connectivity index (χ3n) is 4.87. The molecule has 1 aromatic carbocycles. The predicted octanol–water partition coefficient (Wildman–Crippen LogP) is 3.73. The molecule has 29 heavy (non-hydrogen) atoms. The molecule has 1 aromatic heterocycles. The van der Waals surface area contributed by atoms with E-state index in [0.717, 1.165) is 44.6 Å². The van der Waals surface area contributed by atoms with Crippen LogP contribution in [0.25, 0.3) is 0 Å². The smallest absolute Gasteiger partial charge is 0.348 e. The Bertz CT molecular complexity index is 832. The molecule has 0 bridgehead atoms. The number of thiophene rings is 1. The molecule has 156 valence electrons. The predicted molar refractivity (Wildman–Crippen MR) is 105 cm³/mol. The lowest BCUT2D eigenvalue weighted by molar-refractivity contribution is -0.137. The van der Waals surface area contributed by atoms with E-state index in [9.17, 15) is 22.8 Å². The summed E-state index contributed by atoms with van der Waals surface area (Å²) in [7, 11) is 0. The number of nitrogens with one attached hydrogen (secondary N) is 2. The molecule has 1 fully saturated rings. The summed E-state index contributed by atoms with van der Waals surface area (Å²) >= 11 is 1.73. The van der Waals surface area contributed by atoms with Crippen molar-refractivity contribution < 1.29 is 22.8 Å². The van der Waals surface area contributed by atoms with Crippen LogP contribution in [0.2, 0.25) is 0 Å². The van der Waals surface area contributed by atoms with Crippen LogP contribution in [0.5, 0.6) is 0 Å². The summed E-state index contributed by atoms with van der Waals surface area (Å²) in [5.74, 6) is -1.54. The van der Waals surface area contributed by atoms with Crippen molar-refractivity contribution in [1.29, 1.82) is 0 Å². The highest BCUT2D eigenvalue weighted by Crippen LogP contribution is 2.30. The molecule has 2 N–H and O–H groups in total. The molecule has 5 nitrogen and oxygen atoms in total. The number of piperidine rings is 1. The molecule has 9 heteroatoms. The average molecular weight is 425 g/mol. The quantitative estimate of drug-likeness (QED) is 0.718. The molecule has 2 aromatic rings. The topological polar surface area (TPSA) is 61.4 Å². The number of alkyl halides is 3. The van der Waals surface area contributed by atoms with E-state index in [0.29, 0.717) is 6.54 Å². The molecule has 0 spiro atoms. The molecule has 0 saturated carbocycles. The van der Waals surface area contributed by atoms with Crippen molar-refractivity contribution in [3.05, 3.63) is 52.2 Å². The van der Waals surface area contributed by atoms with Crippen molar-refractivity contribution in [2.75, 3.05) is 25.0 Å². The monoisotopic (exact) mass is 425 g/mol. The molecule has 2 heterocycles. The van der Waals surface area contributed by atoms with Crippen LogP contribution in [0.1, 0.15) is 23.3 Å². The largest absolute Gasteiger partial charge is 0.416 e. The van der Waals surface area contributed by atoms with Gasteiger partial charge in [-0.15, -0.1) is 11.3 Å². The van der Waals surface area contributed by atoms with Crippen LogP contribution in [0.4, 0.5) is 18.9 Å². The maximum absolute atomic E-state index is 12.7. The fourth-order valence-electron chi connectivity index (χ4n) is 3.25. The molecule has 0 unspecified atom stereocenters. The number of rotatable bonds is 5. The van der Waals surface area contributed by atoms with Gasteiger partial charge in [0.05, 0.1) is 5.56 Å². The fraction of sp³-hybridized carbons (Fsp3) is 0.400. The van der Waals surface area contributed by atoms with Gasteiger partial charge in [0.1, 0.15) is 0 Å². The maximum atomic E-state index is 12.7. The minimum Gasteiger partial charge on any atom is -0.348 e. The number of likely N-dealkylation sites (tertiary alicyclic amines) is 1. The van der Waals surface area contributed by atoms with E-state index in [-0.39, 0.29) is 11.6 Å². The van der Waals surface area contributed by atoms with Crippen molar-refractivity contribution >= 4 is 28.8 Å². The zero-order valence-electron chi connectivity index (χ0n) is 15.7. The third-order valence-corrected chi connectivity index (χ3v) is 5.73. The van der Waals surface area contributed by atoms with E-state index in [2.05, 4.69) is 27.0 Å². The van der Waals surface area contributed by atoms with E-state index in [1.807, 2.05) is 6.07 Å². The first-order chi connectivity index (χ1) is 13.8. The SMILES string of the molecule is O=C(NCC1CCN(Cc2cccs2)CC1)C(=O)Nc1cccc(C(F)(F)F)c1. The zero-order chi connectivity index (χ0) is 20.9. The molecular weight excluding hydrogens is 403 g/mol. The molecule has 1 saturated heterocycles. The van der Waals surface area contributed by atoms with E-state index >= 15 is 0 Å². The van der Waals surface area contributed by atoms with Crippen LogP contribution in [-0.4, -0.2) is 36.3 Å². The second kappa shape index (κ2) is 9.41. The van der Waals surface area contributed by atoms with Gasteiger partial charge in [0.2, 0.25) is 0 Å². The molecule has 1 aliphatic rings. The molecule has 0 radical (unpaired) electrons. The summed E-state index contributed by atoms with van der Waals surface area (Å²) in [5, 5.41) is 6.86. The Balaban J connectivity index is 1.41. The van der Waals surface area contributed by atoms with Crippen molar-refractivity contribution in [3.8, 4) is 0 Å². The van der Waals surface area contributed by atoms with Gasteiger partial charge in [0, 0.05) is 23.7 Å².